The zero-order valence-electron chi connectivity index (χ0n) is 9.21. The molecule has 2 aromatic rings. The minimum Gasteiger partial charge on any atom is -0.496 e. The van der Waals surface area contributed by atoms with Crippen LogP contribution in [0.15, 0.2) is 12.1 Å². The van der Waals surface area contributed by atoms with Crippen molar-refractivity contribution in [3.05, 3.63) is 33.4 Å². The fourth-order valence-corrected chi connectivity index (χ4v) is 2.22. The van der Waals surface area contributed by atoms with Crippen molar-refractivity contribution < 1.29 is 4.74 Å². The highest BCUT2D eigenvalue weighted by Crippen LogP contribution is 2.35. The number of halogens is 2. The first kappa shape index (κ1) is 12.0. The lowest BCUT2D eigenvalue weighted by Gasteiger charge is -2.11. The van der Waals surface area contributed by atoms with Crippen molar-refractivity contribution in [1.29, 1.82) is 5.26 Å². The molecule has 0 fully saturated rings. The maximum Gasteiger partial charge on any atom is 0.147 e. The molecule has 0 N–H and O–H groups in total. The van der Waals surface area contributed by atoms with Crippen molar-refractivity contribution >= 4 is 34.1 Å². The molecule has 0 saturated carbocycles. The highest BCUT2D eigenvalue weighted by molar-refractivity contribution is 6.36. The molecule has 0 saturated heterocycles. The number of rotatable bonds is 1. The molecule has 0 aliphatic heterocycles. The van der Waals surface area contributed by atoms with Crippen LogP contribution in [0.5, 0.6) is 5.75 Å². The smallest absolute Gasteiger partial charge is 0.147 e. The van der Waals surface area contributed by atoms with E-state index in [2.05, 4.69) is 4.98 Å². The Balaban J connectivity index is 3.02. The number of hydrogen-bond donors (Lipinski definition) is 0. The number of nitrogens with zero attached hydrogens (tertiary/aromatic N) is 2. The summed E-state index contributed by atoms with van der Waals surface area (Å²) in [5.41, 5.74) is 1.62. The van der Waals surface area contributed by atoms with Gasteiger partial charge in [0.15, 0.2) is 0 Å². The van der Waals surface area contributed by atoms with Crippen LogP contribution in [0.3, 0.4) is 0 Å². The second-order valence-electron chi connectivity index (χ2n) is 3.49. The van der Waals surface area contributed by atoms with E-state index in [1.54, 1.807) is 26.2 Å². The van der Waals surface area contributed by atoms with Crippen molar-refractivity contribution in [3.63, 3.8) is 0 Å². The van der Waals surface area contributed by atoms with Crippen LogP contribution in [0, 0.1) is 18.3 Å². The van der Waals surface area contributed by atoms with E-state index < -0.39 is 0 Å². The normalized spacial score (nSPS) is 10.3. The number of aromatic nitrogens is 1. The minimum absolute atomic E-state index is 0.160. The number of hydrogen-bond acceptors (Lipinski definition) is 3. The number of methoxy groups -OCH3 is 1. The van der Waals surface area contributed by atoms with Crippen molar-refractivity contribution in [1.82, 2.24) is 4.98 Å². The van der Waals surface area contributed by atoms with Gasteiger partial charge in [-0.1, -0.05) is 23.2 Å². The molecule has 5 heteroatoms. The number of ether oxygens (including phenoxy) is 1. The van der Waals surface area contributed by atoms with Gasteiger partial charge in [-0.25, -0.2) is 4.98 Å². The Morgan fingerprint density at radius 1 is 1.35 bits per heavy atom. The molecule has 0 unspecified atom stereocenters. The van der Waals surface area contributed by atoms with E-state index in [4.69, 9.17) is 33.2 Å². The first-order valence-corrected chi connectivity index (χ1v) is 5.58. The summed E-state index contributed by atoms with van der Waals surface area (Å²) >= 11 is 12.0. The molecule has 1 aromatic carbocycles. The summed E-state index contributed by atoms with van der Waals surface area (Å²) < 4.78 is 5.25. The molecule has 0 aliphatic carbocycles. The zero-order valence-corrected chi connectivity index (χ0v) is 10.7. The molecular weight excluding hydrogens is 259 g/mol. The standard InChI is InChI=1S/C12H8Cl2N2O/c1-6-7(5-15)12(14)16-11-8(13)3-4-9(17-2)10(6)11/h3-4H,1-2H3. The summed E-state index contributed by atoms with van der Waals surface area (Å²) in [5, 5.41) is 10.4. The Bertz CT molecular complexity index is 647. The predicted molar refractivity (Wildman–Crippen MR) is 67.8 cm³/mol. The molecule has 0 amide bonds. The van der Waals surface area contributed by atoms with Crippen molar-refractivity contribution in [3.8, 4) is 11.8 Å². The number of benzene rings is 1. The number of aryl methyl sites for hydroxylation is 1. The summed E-state index contributed by atoms with van der Waals surface area (Å²) in [6.07, 6.45) is 0. The van der Waals surface area contributed by atoms with Gasteiger partial charge in [-0.05, 0) is 24.6 Å². The lowest BCUT2D eigenvalue weighted by Crippen LogP contribution is -1.95. The highest BCUT2D eigenvalue weighted by atomic mass is 35.5. The van der Waals surface area contributed by atoms with E-state index in [0.29, 0.717) is 21.9 Å². The third-order valence-electron chi connectivity index (χ3n) is 2.59. The fraction of sp³-hybridized carbons (Fsp3) is 0.167. The molecular formula is C12H8Cl2N2O. The van der Waals surface area contributed by atoms with Crippen LogP contribution >= 0.6 is 23.2 Å². The van der Waals surface area contributed by atoms with E-state index in [0.717, 1.165) is 10.9 Å². The van der Waals surface area contributed by atoms with Crippen molar-refractivity contribution in [2.45, 2.75) is 6.92 Å². The lowest BCUT2D eigenvalue weighted by atomic mass is 10.0. The third kappa shape index (κ3) is 1.80. The number of nitriles is 1. The Morgan fingerprint density at radius 2 is 2.06 bits per heavy atom. The molecule has 17 heavy (non-hydrogen) atoms. The van der Waals surface area contributed by atoms with E-state index in [-0.39, 0.29) is 5.15 Å². The molecule has 0 aliphatic rings. The highest BCUT2D eigenvalue weighted by Gasteiger charge is 2.15. The summed E-state index contributed by atoms with van der Waals surface area (Å²) in [4.78, 5) is 4.15. The minimum atomic E-state index is 0.160. The van der Waals surface area contributed by atoms with Crippen LogP contribution in [0.4, 0.5) is 0 Å². The van der Waals surface area contributed by atoms with Gasteiger partial charge in [0, 0.05) is 5.39 Å². The van der Waals surface area contributed by atoms with Gasteiger partial charge in [-0.3, -0.25) is 0 Å². The van der Waals surface area contributed by atoms with Gasteiger partial charge in [-0.15, -0.1) is 0 Å². The molecule has 0 radical (unpaired) electrons. The maximum absolute atomic E-state index is 9.04. The molecule has 1 heterocycles. The average molecular weight is 267 g/mol. The van der Waals surface area contributed by atoms with Crippen LogP contribution in [0.2, 0.25) is 10.2 Å². The van der Waals surface area contributed by atoms with Crippen LogP contribution in [0.25, 0.3) is 10.9 Å². The number of pyridine rings is 1. The van der Waals surface area contributed by atoms with Gasteiger partial charge in [0.25, 0.3) is 0 Å². The summed E-state index contributed by atoms with van der Waals surface area (Å²) in [6.45, 7) is 1.80. The maximum atomic E-state index is 9.04. The zero-order chi connectivity index (χ0) is 12.6. The summed E-state index contributed by atoms with van der Waals surface area (Å²) in [6, 6.07) is 5.47. The van der Waals surface area contributed by atoms with Gasteiger partial charge in [-0.2, -0.15) is 5.26 Å². The first-order chi connectivity index (χ1) is 8.10. The first-order valence-electron chi connectivity index (χ1n) is 4.82. The van der Waals surface area contributed by atoms with Crippen LogP contribution in [-0.4, -0.2) is 12.1 Å². The average Bonchev–Trinajstić information content (AvgIpc) is 2.31. The van der Waals surface area contributed by atoms with E-state index in [1.165, 1.54) is 0 Å². The Hall–Kier alpha value is -1.50. The van der Waals surface area contributed by atoms with Crippen molar-refractivity contribution in [2.24, 2.45) is 0 Å². The van der Waals surface area contributed by atoms with Gasteiger partial charge in [0.1, 0.15) is 17.0 Å². The van der Waals surface area contributed by atoms with Crippen LogP contribution in [0.1, 0.15) is 11.1 Å². The SMILES string of the molecule is COc1ccc(Cl)c2nc(Cl)c(C#N)c(C)c12. The fourth-order valence-electron chi connectivity index (χ4n) is 1.75. The summed E-state index contributed by atoms with van der Waals surface area (Å²) in [5.74, 6) is 0.627. The monoisotopic (exact) mass is 266 g/mol. The quantitative estimate of drug-likeness (QED) is 0.739. The predicted octanol–water partition coefficient (Wildman–Crippen LogP) is 3.73. The molecule has 2 rings (SSSR count). The van der Waals surface area contributed by atoms with Gasteiger partial charge in [0.2, 0.25) is 0 Å². The van der Waals surface area contributed by atoms with Gasteiger partial charge >= 0.3 is 0 Å². The number of fused-ring (bicyclic) bond motifs is 1. The van der Waals surface area contributed by atoms with Gasteiger partial charge < -0.3 is 4.74 Å². The second kappa shape index (κ2) is 4.40. The molecule has 0 atom stereocenters. The molecule has 1 aromatic heterocycles. The molecule has 0 spiro atoms. The van der Waals surface area contributed by atoms with E-state index in [9.17, 15) is 0 Å². The Labute approximate surface area is 109 Å². The largest absolute Gasteiger partial charge is 0.496 e. The molecule has 3 nitrogen and oxygen atoms in total. The van der Waals surface area contributed by atoms with Crippen molar-refractivity contribution in [2.75, 3.05) is 7.11 Å². The molecule has 0 bridgehead atoms. The van der Waals surface area contributed by atoms with E-state index in [1.807, 2.05) is 6.07 Å². The van der Waals surface area contributed by atoms with Crippen LogP contribution < -0.4 is 4.74 Å². The van der Waals surface area contributed by atoms with E-state index >= 15 is 0 Å². The van der Waals surface area contributed by atoms with Crippen LogP contribution in [-0.2, 0) is 0 Å². The Kier molecular flexibility index (Phi) is 3.10. The summed E-state index contributed by atoms with van der Waals surface area (Å²) in [7, 11) is 1.56. The third-order valence-corrected chi connectivity index (χ3v) is 3.17. The second-order valence-corrected chi connectivity index (χ2v) is 4.25. The lowest BCUT2D eigenvalue weighted by molar-refractivity contribution is 0.419. The molecule has 86 valence electrons. The van der Waals surface area contributed by atoms with Gasteiger partial charge in [0.05, 0.1) is 23.2 Å². The Morgan fingerprint density at radius 3 is 2.65 bits per heavy atom. The topological polar surface area (TPSA) is 45.9 Å².